The predicted octanol–water partition coefficient (Wildman–Crippen LogP) is 2.34. The monoisotopic (exact) mass is 303 g/mol. The first kappa shape index (κ1) is 14.1. The summed E-state index contributed by atoms with van der Waals surface area (Å²) in [5, 5.41) is 11.4. The molecule has 1 atom stereocenters. The maximum absolute atomic E-state index is 13.4. The van der Waals surface area contributed by atoms with Gasteiger partial charge in [-0.3, -0.25) is 4.79 Å². The van der Waals surface area contributed by atoms with E-state index in [1.54, 1.807) is 6.07 Å². The second-order valence-electron chi connectivity index (χ2n) is 3.95. The van der Waals surface area contributed by atoms with Gasteiger partial charge in [-0.2, -0.15) is 0 Å². The molecular weight excluding hydrogens is 289 g/mol. The Morgan fingerprint density at radius 1 is 1.59 bits per heavy atom. The van der Waals surface area contributed by atoms with E-state index in [9.17, 15) is 9.18 Å². The van der Waals surface area contributed by atoms with Crippen molar-refractivity contribution in [3.63, 3.8) is 0 Å². The van der Waals surface area contributed by atoms with Crippen LogP contribution in [0.2, 0.25) is 0 Å². The van der Waals surface area contributed by atoms with Gasteiger partial charge in [-0.05, 0) is 30.5 Å². The molecule has 0 bridgehead atoms. The first-order valence-corrected chi connectivity index (χ1v) is 6.18. The zero-order chi connectivity index (χ0) is 12.8. The average molecular weight is 304 g/mol. The molecule has 0 saturated heterocycles. The lowest BCUT2D eigenvalue weighted by molar-refractivity contribution is 0.0941. The molecular formula is C12H15BrFNO2. The standard InChI is InChI=1S/C12H15BrFNO2/c1-8(4-5-16)7-15-12(17)10-6-9(13)2-3-11(10)14/h2-3,6,8,16H,4-5,7H2,1H3,(H,15,17). The van der Waals surface area contributed by atoms with Crippen LogP contribution >= 0.6 is 15.9 Å². The quantitative estimate of drug-likeness (QED) is 0.877. The third kappa shape index (κ3) is 4.44. The van der Waals surface area contributed by atoms with E-state index in [1.165, 1.54) is 12.1 Å². The smallest absolute Gasteiger partial charge is 0.254 e. The van der Waals surface area contributed by atoms with Crippen LogP contribution in [0.25, 0.3) is 0 Å². The third-order valence-corrected chi connectivity index (χ3v) is 2.90. The number of hydrogen-bond acceptors (Lipinski definition) is 2. The van der Waals surface area contributed by atoms with Crippen LogP contribution in [0, 0.1) is 11.7 Å². The fourth-order valence-corrected chi connectivity index (χ4v) is 1.72. The average Bonchev–Trinajstić information content (AvgIpc) is 2.29. The first-order chi connectivity index (χ1) is 8.04. The molecule has 3 nitrogen and oxygen atoms in total. The Kier molecular flexibility index (Phi) is 5.58. The number of nitrogens with one attached hydrogen (secondary N) is 1. The zero-order valence-corrected chi connectivity index (χ0v) is 11.1. The SMILES string of the molecule is CC(CCO)CNC(=O)c1cc(Br)ccc1F. The first-order valence-electron chi connectivity index (χ1n) is 5.38. The van der Waals surface area contributed by atoms with Gasteiger partial charge < -0.3 is 10.4 Å². The molecule has 0 aliphatic rings. The fraction of sp³-hybridized carbons (Fsp3) is 0.417. The molecule has 17 heavy (non-hydrogen) atoms. The number of amides is 1. The van der Waals surface area contributed by atoms with Gasteiger partial charge in [0.25, 0.3) is 5.91 Å². The number of benzene rings is 1. The lowest BCUT2D eigenvalue weighted by Crippen LogP contribution is -2.29. The molecule has 0 aliphatic heterocycles. The lowest BCUT2D eigenvalue weighted by atomic mass is 10.1. The van der Waals surface area contributed by atoms with Gasteiger partial charge in [0.1, 0.15) is 5.82 Å². The van der Waals surface area contributed by atoms with Crippen molar-refractivity contribution in [1.29, 1.82) is 0 Å². The van der Waals surface area contributed by atoms with Crippen molar-refractivity contribution in [1.82, 2.24) is 5.32 Å². The summed E-state index contributed by atoms with van der Waals surface area (Å²) in [5.41, 5.74) is 0.0237. The van der Waals surface area contributed by atoms with E-state index in [4.69, 9.17) is 5.11 Å². The minimum absolute atomic E-state index is 0.0237. The minimum Gasteiger partial charge on any atom is -0.396 e. The molecule has 0 fully saturated rings. The van der Waals surface area contributed by atoms with Gasteiger partial charge in [-0.1, -0.05) is 22.9 Å². The van der Waals surface area contributed by atoms with Gasteiger partial charge >= 0.3 is 0 Å². The van der Waals surface area contributed by atoms with E-state index in [0.717, 1.165) is 0 Å². The van der Waals surface area contributed by atoms with Crippen LogP contribution in [0.5, 0.6) is 0 Å². The number of carbonyl (C=O) groups is 1. The molecule has 0 aromatic heterocycles. The normalized spacial score (nSPS) is 12.2. The van der Waals surface area contributed by atoms with Gasteiger partial charge in [-0.15, -0.1) is 0 Å². The highest BCUT2D eigenvalue weighted by Crippen LogP contribution is 2.15. The molecule has 2 N–H and O–H groups in total. The van der Waals surface area contributed by atoms with Gasteiger partial charge in [0.05, 0.1) is 5.56 Å². The summed E-state index contributed by atoms with van der Waals surface area (Å²) in [6.45, 7) is 2.42. The Bertz CT molecular complexity index is 398. The maximum Gasteiger partial charge on any atom is 0.254 e. The molecule has 0 aliphatic carbocycles. The van der Waals surface area contributed by atoms with Crippen molar-refractivity contribution >= 4 is 21.8 Å². The van der Waals surface area contributed by atoms with Gasteiger partial charge in [0, 0.05) is 17.6 Å². The van der Waals surface area contributed by atoms with E-state index < -0.39 is 11.7 Å². The second-order valence-corrected chi connectivity index (χ2v) is 4.87. The molecule has 5 heteroatoms. The highest BCUT2D eigenvalue weighted by atomic mass is 79.9. The van der Waals surface area contributed by atoms with Crippen LogP contribution in [0.15, 0.2) is 22.7 Å². The summed E-state index contributed by atoms with van der Waals surface area (Å²) in [4.78, 5) is 11.7. The van der Waals surface area contributed by atoms with Gasteiger partial charge in [-0.25, -0.2) is 4.39 Å². The van der Waals surface area contributed by atoms with Crippen molar-refractivity contribution in [3.05, 3.63) is 34.1 Å². The molecule has 1 rings (SSSR count). The molecule has 0 heterocycles. The predicted molar refractivity (Wildman–Crippen MR) is 67.3 cm³/mol. The van der Waals surface area contributed by atoms with Crippen LogP contribution in [-0.4, -0.2) is 24.2 Å². The molecule has 0 radical (unpaired) electrons. The van der Waals surface area contributed by atoms with Crippen LogP contribution in [0.3, 0.4) is 0 Å². The van der Waals surface area contributed by atoms with Crippen LogP contribution < -0.4 is 5.32 Å². The van der Waals surface area contributed by atoms with Crippen molar-refractivity contribution in [3.8, 4) is 0 Å². The van der Waals surface area contributed by atoms with Crippen molar-refractivity contribution in [2.24, 2.45) is 5.92 Å². The molecule has 0 saturated carbocycles. The van der Waals surface area contributed by atoms with Crippen LogP contribution in [0.1, 0.15) is 23.7 Å². The Labute approximate surface area is 108 Å². The van der Waals surface area contributed by atoms with E-state index in [2.05, 4.69) is 21.2 Å². The summed E-state index contributed by atoms with van der Waals surface area (Å²) < 4.78 is 14.0. The molecule has 1 unspecified atom stereocenters. The Morgan fingerprint density at radius 2 is 2.29 bits per heavy atom. The Hall–Kier alpha value is -0.940. The third-order valence-electron chi connectivity index (χ3n) is 2.41. The highest BCUT2D eigenvalue weighted by Gasteiger charge is 2.12. The zero-order valence-electron chi connectivity index (χ0n) is 9.54. The van der Waals surface area contributed by atoms with E-state index in [0.29, 0.717) is 17.4 Å². The summed E-state index contributed by atoms with van der Waals surface area (Å²) in [7, 11) is 0. The van der Waals surface area contributed by atoms with E-state index in [-0.39, 0.29) is 18.1 Å². The molecule has 1 amide bonds. The molecule has 1 aromatic carbocycles. The van der Waals surface area contributed by atoms with E-state index >= 15 is 0 Å². The second kappa shape index (κ2) is 6.71. The Balaban J connectivity index is 2.61. The van der Waals surface area contributed by atoms with Crippen LogP contribution in [0.4, 0.5) is 4.39 Å². The molecule has 0 spiro atoms. The van der Waals surface area contributed by atoms with Crippen molar-refractivity contribution < 1.29 is 14.3 Å². The minimum atomic E-state index is -0.541. The molecule has 1 aromatic rings. The van der Waals surface area contributed by atoms with Crippen LogP contribution in [-0.2, 0) is 0 Å². The summed E-state index contributed by atoms with van der Waals surface area (Å²) in [6, 6.07) is 4.23. The number of carbonyl (C=O) groups excluding carboxylic acids is 1. The number of halogens is 2. The maximum atomic E-state index is 13.4. The molecule has 94 valence electrons. The highest BCUT2D eigenvalue weighted by molar-refractivity contribution is 9.10. The summed E-state index contributed by atoms with van der Waals surface area (Å²) in [6.07, 6.45) is 0.612. The van der Waals surface area contributed by atoms with Gasteiger partial charge in [0.15, 0.2) is 0 Å². The summed E-state index contributed by atoms with van der Waals surface area (Å²) in [5.74, 6) is -0.812. The number of hydrogen-bond donors (Lipinski definition) is 2. The Morgan fingerprint density at radius 3 is 2.94 bits per heavy atom. The topological polar surface area (TPSA) is 49.3 Å². The van der Waals surface area contributed by atoms with Crippen molar-refractivity contribution in [2.75, 3.05) is 13.2 Å². The number of rotatable bonds is 5. The van der Waals surface area contributed by atoms with Gasteiger partial charge in [0.2, 0.25) is 0 Å². The lowest BCUT2D eigenvalue weighted by Gasteiger charge is -2.11. The number of aliphatic hydroxyl groups excluding tert-OH is 1. The summed E-state index contributed by atoms with van der Waals surface area (Å²) >= 11 is 3.19. The number of aliphatic hydroxyl groups is 1. The van der Waals surface area contributed by atoms with Crippen molar-refractivity contribution in [2.45, 2.75) is 13.3 Å². The largest absolute Gasteiger partial charge is 0.396 e. The fourth-order valence-electron chi connectivity index (χ4n) is 1.36. The van der Waals surface area contributed by atoms with E-state index in [1.807, 2.05) is 6.92 Å².